The number of anilines is 1. The number of para-hydroxylation sites is 2. The van der Waals surface area contributed by atoms with Gasteiger partial charge in [0.1, 0.15) is 22.5 Å². The van der Waals surface area contributed by atoms with E-state index in [1.165, 1.54) is 18.2 Å². The lowest BCUT2D eigenvalue weighted by molar-refractivity contribution is -0.134. The monoisotopic (exact) mass is 449 g/mol. The van der Waals surface area contributed by atoms with Gasteiger partial charge in [0.15, 0.2) is 0 Å². The number of rotatable bonds is 7. The molecule has 1 unspecified atom stereocenters. The first kappa shape index (κ1) is 23.0. The number of piperazine rings is 1. The smallest absolute Gasteiger partial charge is 0.244 e. The molecule has 1 fully saturated rings. The van der Waals surface area contributed by atoms with Crippen LogP contribution in [-0.4, -0.2) is 58.6 Å². The van der Waals surface area contributed by atoms with Crippen molar-refractivity contribution in [2.45, 2.75) is 24.8 Å². The van der Waals surface area contributed by atoms with E-state index in [1.807, 2.05) is 24.3 Å². The quantitative estimate of drug-likeness (QED) is 0.703. The molecule has 0 radical (unpaired) electrons. The van der Waals surface area contributed by atoms with Crippen molar-refractivity contribution in [2.75, 3.05) is 38.2 Å². The summed E-state index contributed by atoms with van der Waals surface area (Å²) in [6, 6.07) is 11.8. The fourth-order valence-corrected chi connectivity index (χ4v) is 5.04. The molecule has 0 saturated carbocycles. The van der Waals surface area contributed by atoms with Gasteiger partial charge in [-0.1, -0.05) is 38.1 Å². The van der Waals surface area contributed by atoms with Gasteiger partial charge < -0.3 is 14.5 Å². The van der Waals surface area contributed by atoms with Crippen LogP contribution in [0.2, 0.25) is 0 Å². The number of nitrogens with zero attached hydrogens (tertiary/aromatic N) is 2. The largest absolute Gasteiger partial charge is 0.495 e. The van der Waals surface area contributed by atoms with Crippen LogP contribution in [0.3, 0.4) is 0 Å². The SMILES string of the molecule is COc1ccccc1N1CCN(C(=O)C(NS(=O)(=O)c2ccccc2F)C(C)C)CC1. The zero-order valence-corrected chi connectivity index (χ0v) is 18.7. The minimum atomic E-state index is -4.18. The van der Waals surface area contributed by atoms with Gasteiger partial charge in [0.05, 0.1) is 12.8 Å². The lowest BCUT2D eigenvalue weighted by atomic mass is 10.0. The minimum absolute atomic E-state index is 0.304. The van der Waals surface area contributed by atoms with Crippen molar-refractivity contribution in [3.8, 4) is 5.75 Å². The van der Waals surface area contributed by atoms with Crippen LogP contribution in [0.15, 0.2) is 53.4 Å². The average Bonchev–Trinajstić information content (AvgIpc) is 2.77. The molecule has 1 heterocycles. The van der Waals surface area contributed by atoms with Gasteiger partial charge in [-0.15, -0.1) is 0 Å². The van der Waals surface area contributed by atoms with Crippen LogP contribution in [0.1, 0.15) is 13.8 Å². The third-order valence-electron chi connectivity index (χ3n) is 5.36. The van der Waals surface area contributed by atoms with Crippen LogP contribution in [0, 0.1) is 11.7 Å². The summed E-state index contributed by atoms with van der Waals surface area (Å²) in [7, 11) is -2.56. The summed E-state index contributed by atoms with van der Waals surface area (Å²) in [6.45, 7) is 5.60. The van der Waals surface area contributed by atoms with Gasteiger partial charge in [0.25, 0.3) is 0 Å². The van der Waals surface area contributed by atoms with Gasteiger partial charge in [-0.2, -0.15) is 4.72 Å². The fourth-order valence-electron chi connectivity index (χ4n) is 3.62. The molecule has 9 heteroatoms. The van der Waals surface area contributed by atoms with Crippen molar-refractivity contribution in [2.24, 2.45) is 5.92 Å². The molecule has 1 aliphatic heterocycles. The van der Waals surface area contributed by atoms with E-state index < -0.39 is 26.8 Å². The van der Waals surface area contributed by atoms with Crippen LogP contribution in [0.5, 0.6) is 5.75 Å². The Hall–Kier alpha value is -2.65. The maximum absolute atomic E-state index is 14.0. The topological polar surface area (TPSA) is 79.0 Å². The second-order valence-corrected chi connectivity index (χ2v) is 9.44. The summed E-state index contributed by atoms with van der Waals surface area (Å²) in [4.78, 5) is 16.5. The van der Waals surface area contributed by atoms with Gasteiger partial charge in [-0.3, -0.25) is 4.79 Å². The number of carbonyl (C=O) groups is 1. The molecule has 1 N–H and O–H groups in total. The second kappa shape index (κ2) is 9.65. The summed E-state index contributed by atoms with van der Waals surface area (Å²) in [5.74, 6) is -0.703. The highest BCUT2D eigenvalue weighted by atomic mass is 32.2. The molecular formula is C22H28FN3O4S. The van der Waals surface area contributed by atoms with E-state index in [0.29, 0.717) is 26.2 Å². The average molecular weight is 450 g/mol. The Labute approximate surface area is 182 Å². The minimum Gasteiger partial charge on any atom is -0.495 e. The lowest BCUT2D eigenvalue weighted by Gasteiger charge is -2.38. The maximum Gasteiger partial charge on any atom is 0.244 e. The zero-order chi connectivity index (χ0) is 22.6. The first-order chi connectivity index (χ1) is 14.7. The number of halogens is 1. The molecule has 3 rings (SSSR count). The maximum atomic E-state index is 14.0. The number of methoxy groups -OCH3 is 1. The summed E-state index contributed by atoms with van der Waals surface area (Å²) < 4.78 is 47.3. The number of benzene rings is 2. The first-order valence-electron chi connectivity index (χ1n) is 10.2. The molecular weight excluding hydrogens is 421 g/mol. The van der Waals surface area contributed by atoms with Crippen molar-refractivity contribution in [3.63, 3.8) is 0 Å². The standard InChI is InChI=1S/C22H28FN3O4S/c1-16(2)21(24-31(28,29)20-11-7-4-8-17(20)23)22(27)26-14-12-25(13-15-26)18-9-5-6-10-19(18)30-3/h4-11,16,21,24H,12-15H2,1-3H3. The van der Waals surface area contributed by atoms with E-state index in [4.69, 9.17) is 4.74 Å². The van der Waals surface area contributed by atoms with Gasteiger partial charge in [-0.25, -0.2) is 12.8 Å². The van der Waals surface area contributed by atoms with Gasteiger partial charge in [0, 0.05) is 26.2 Å². The van der Waals surface area contributed by atoms with Crippen LogP contribution in [-0.2, 0) is 14.8 Å². The molecule has 2 aromatic rings. The van der Waals surface area contributed by atoms with Crippen LogP contribution in [0.4, 0.5) is 10.1 Å². The molecule has 31 heavy (non-hydrogen) atoms. The van der Waals surface area contributed by atoms with Crippen molar-refractivity contribution in [1.29, 1.82) is 0 Å². The fraction of sp³-hybridized carbons (Fsp3) is 0.409. The van der Waals surface area contributed by atoms with Crippen LogP contribution < -0.4 is 14.4 Å². The highest BCUT2D eigenvalue weighted by Gasteiger charge is 2.34. The third-order valence-corrected chi connectivity index (χ3v) is 6.83. The number of sulfonamides is 1. The number of ether oxygens (including phenoxy) is 1. The summed E-state index contributed by atoms with van der Waals surface area (Å²) in [5, 5.41) is 0. The van der Waals surface area contributed by atoms with Crippen molar-refractivity contribution >= 4 is 21.6 Å². The number of hydrogen-bond donors (Lipinski definition) is 1. The predicted molar refractivity (Wildman–Crippen MR) is 117 cm³/mol. The van der Waals surface area contributed by atoms with Gasteiger partial charge in [0.2, 0.25) is 15.9 Å². The highest BCUT2D eigenvalue weighted by molar-refractivity contribution is 7.89. The molecule has 0 spiro atoms. The second-order valence-electron chi connectivity index (χ2n) is 7.76. The Bertz CT molecular complexity index is 1020. The molecule has 1 atom stereocenters. The summed E-state index contributed by atoms with van der Waals surface area (Å²) in [5.41, 5.74) is 0.956. The molecule has 1 aliphatic rings. The Morgan fingerprint density at radius 1 is 1.03 bits per heavy atom. The first-order valence-corrected chi connectivity index (χ1v) is 11.7. The lowest BCUT2D eigenvalue weighted by Crippen LogP contribution is -2.56. The van der Waals surface area contributed by atoms with Crippen LogP contribution in [0.25, 0.3) is 0 Å². The molecule has 1 amide bonds. The van der Waals surface area contributed by atoms with Crippen LogP contribution >= 0.6 is 0 Å². The van der Waals surface area contributed by atoms with Crippen molar-refractivity contribution in [1.82, 2.24) is 9.62 Å². The van der Waals surface area contributed by atoms with Gasteiger partial charge in [-0.05, 0) is 30.2 Å². The highest BCUT2D eigenvalue weighted by Crippen LogP contribution is 2.28. The zero-order valence-electron chi connectivity index (χ0n) is 17.9. The normalized spacial score (nSPS) is 15.8. The Morgan fingerprint density at radius 3 is 2.26 bits per heavy atom. The summed E-state index contributed by atoms with van der Waals surface area (Å²) >= 11 is 0. The van der Waals surface area contributed by atoms with E-state index in [1.54, 1.807) is 25.9 Å². The Balaban J connectivity index is 1.71. The molecule has 2 aromatic carbocycles. The van der Waals surface area contributed by atoms with Gasteiger partial charge >= 0.3 is 0 Å². The Morgan fingerprint density at radius 2 is 1.65 bits per heavy atom. The van der Waals surface area contributed by atoms with E-state index in [-0.39, 0.29) is 11.8 Å². The number of carbonyl (C=O) groups excluding carboxylic acids is 1. The molecule has 168 valence electrons. The molecule has 7 nitrogen and oxygen atoms in total. The number of amides is 1. The molecule has 0 aliphatic carbocycles. The van der Waals surface area contributed by atoms with E-state index in [9.17, 15) is 17.6 Å². The molecule has 1 saturated heterocycles. The van der Waals surface area contributed by atoms with E-state index >= 15 is 0 Å². The molecule has 0 aromatic heterocycles. The molecule has 0 bridgehead atoms. The van der Waals surface area contributed by atoms with E-state index in [0.717, 1.165) is 17.5 Å². The summed E-state index contributed by atoms with van der Waals surface area (Å²) in [6.07, 6.45) is 0. The van der Waals surface area contributed by atoms with Crippen molar-refractivity contribution in [3.05, 3.63) is 54.3 Å². The predicted octanol–water partition coefficient (Wildman–Crippen LogP) is 2.49. The Kier molecular flexibility index (Phi) is 7.17. The number of nitrogens with one attached hydrogen (secondary N) is 1. The van der Waals surface area contributed by atoms with Crippen molar-refractivity contribution < 1.29 is 22.3 Å². The number of hydrogen-bond acceptors (Lipinski definition) is 5. The van der Waals surface area contributed by atoms with E-state index in [2.05, 4.69) is 9.62 Å². The third kappa shape index (κ3) is 5.16.